The molecule has 3 rings (SSSR count). The Morgan fingerprint density at radius 1 is 1.08 bits per heavy atom. The Bertz CT molecular complexity index is 721. The van der Waals surface area contributed by atoms with Crippen molar-refractivity contribution >= 4 is 46.9 Å². The van der Waals surface area contributed by atoms with Gasteiger partial charge in [0.25, 0.3) is 5.91 Å². The highest BCUT2D eigenvalue weighted by Gasteiger charge is 2.32. The molecule has 2 aromatic rings. The molecule has 1 aliphatic rings. The molecule has 0 aliphatic heterocycles. The molecule has 0 saturated heterocycles. The number of hydrogen-bond acceptors (Lipinski definition) is 4. The number of amides is 2. The second kappa shape index (κ2) is 8.99. The van der Waals surface area contributed by atoms with E-state index < -0.39 is 0 Å². The van der Waals surface area contributed by atoms with Crippen molar-refractivity contribution in [3.63, 3.8) is 0 Å². The van der Waals surface area contributed by atoms with Crippen LogP contribution in [0.2, 0.25) is 0 Å². The van der Waals surface area contributed by atoms with Crippen molar-refractivity contribution in [3.8, 4) is 0 Å². The van der Waals surface area contributed by atoms with Crippen molar-refractivity contribution in [1.29, 1.82) is 0 Å². The lowest BCUT2D eigenvalue weighted by atomic mass is 9.95. The fourth-order valence-electron chi connectivity index (χ4n) is 3.18. The SMILES string of the molecule is Cl.NC[C@H]1CCC[C@H]1C(=O)Nc1ccccc1NC(=O)c1cccs1. The molecule has 134 valence electrons. The van der Waals surface area contributed by atoms with E-state index in [1.807, 2.05) is 23.6 Å². The Kier molecular flexibility index (Phi) is 6.99. The van der Waals surface area contributed by atoms with E-state index in [1.165, 1.54) is 11.3 Å². The molecule has 0 unspecified atom stereocenters. The molecule has 4 N–H and O–H groups in total. The molecule has 1 aromatic carbocycles. The van der Waals surface area contributed by atoms with E-state index in [2.05, 4.69) is 10.6 Å². The smallest absolute Gasteiger partial charge is 0.265 e. The quantitative estimate of drug-likeness (QED) is 0.739. The number of anilines is 2. The van der Waals surface area contributed by atoms with Crippen molar-refractivity contribution in [1.82, 2.24) is 0 Å². The zero-order valence-corrected chi connectivity index (χ0v) is 15.4. The summed E-state index contributed by atoms with van der Waals surface area (Å²) in [6, 6.07) is 10.9. The van der Waals surface area contributed by atoms with Crippen LogP contribution in [0.25, 0.3) is 0 Å². The highest BCUT2D eigenvalue weighted by Crippen LogP contribution is 2.32. The van der Waals surface area contributed by atoms with Crippen LogP contribution in [0, 0.1) is 11.8 Å². The molecule has 5 nitrogen and oxygen atoms in total. The van der Waals surface area contributed by atoms with Crippen molar-refractivity contribution in [3.05, 3.63) is 46.7 Å². The van der Waals surface area contributed by atoms with E-state index in [0.717, 1.165) is 19.3 Å². The van der Waals surface area contributed by atoms with E-state index in [1.54, 1.807) is 18.2 Å². The van der Waals surface area contributed by atoms with Crippen molar-refractivity contribution in [2.45, 2.75) is 19.3 Å². The van der Waals surface area contributed by atoms with Crippen LogP contribution in [0.4, 0.5) is 11.4 Å². The molecule has 2 atom stereocenters. The summed E-state index contributed by atoms with van der Waals surface area (Å²) in [5.74, 6) is 0.0158. The van der Waals surface area contributed by atoms with E-state index >= 15 is 0 Å². The third-order valence-corrected chi connectivity index (χ3v) is 5.35. The summed E-state index contributed by atoms with van der Waals surface area (Å²) in [7, 11) is 0. The van der Waals surface area contributed by atoms with Gasteiger partial charge in [-0.15, -0.1) is 23.7 Å². The summed E-state index contributed by atoms with van der Waals surface area (Å²) in [5.41, 5.74) is 6.99. The lowest BCUT2D eigenvalue weighted by Gasteiger charge is -2.19. The standard InChI is InChI=1S/C18H21N3O2S.ClH/c19-11-12-5-3-6-13(12)17(22)20-14-7-1-2-8-15(14)21-18(23)16-9-4-10-24-16;/h1-2,4,7-10,12-13H,3,5-6,11,19H2,(H,20,22)(H,21,23);1H/t12-,13-;/m1./s1. The highest BCUT2D eigenvalue weighted by molar-refractivity contribution is 7.12. The minimum atomic E-state index is -0.174. The minimum absolute atomic E-state index is 0. The fourth-order valence-corrected chi connectivity index (χ4v) is 3.80. The van der Waals surface area contributed by atoms with Crippen LogP contribution in [0.5, 0.6) is 0 Å². The molecule has 1 heterocycles. The number of hydrogen-bond donors (Lipinski definition) is 3. The number of nitrogens with two attached hydrogens (primary N) is 1. The Morgan fingerprint density at radius 2 is 1.80 bits per heavy atom. The van der Waals surface area contributed by atoms with Gasteiger partial charge in [-0.1, -0.05) is 24.6 Å². The van der Waals surface area contributed by atoms with Gasteiger partial charge in [-0.05, 0) is 48.9 Å². The summed E-state index contributed by atoms with van der Waals surface area (Å²) in [5, 5.41) is 7.68. The maximum atomic E-state index is 12.6. The van der Waals surface area contributed by atoms with Gasteiger partial charge in [0, 0.05) is 5.92 Å². The molecule has 0 spiro atoms. The van der Waals surface area contributed by atoms with Gasteiger partial charge in [-0.2, -0.15) is 0 Å². The Labute approximate surface area is 157 Å². The van der Waals surface area contributed by atoms with Crippen LogP contribution in [0.15, 0.2) is 41.8 Å². The molecule has 25 heavy (non-hydrogen) atoms. The second-order valence-corrected chi connectivity index (χ2v) is 6.95. The lowest BCUT2D eigenvalue weighted by Crippen LogP contribution is -2.30. The molecule has 1 aromatic heterocycles. The van der Waals surface area contributed by atoms with E-state index in [0.29, 0.717) is 22.8 Å². The lowest BCUT2D eigenvalue weighted by molar-refractivity contribution is -0.120. The fraction of sp³-hybridized carbons (Fsp3) is 0.333. The predicted octanol–water partition coefficient (Wildman–Crippen LogP) is 3.74. The largest absolute Gasteiger partial charge is 0.330 e. The molecule has 7 heteroatoms. The molecular formula is C18H22ClN3O2S. The minimum Gasteiger partial charge on any atom is -0.330 e. The summed E-state index contributed by atoms with van der Waals surface area (Å²) < 4.78 is 0. The average Bonchev–Trinajstić information content (AvgIpc) is 3.28. The monoisotopic (exact) mass is 379 g/mol. The van der Waals surface area contributed by atoms with Gasteiger partial charge in [0.1, 0.15) is 0 Å². The summed E-state index contributed by atoms with van der Waals surface area (Å²) in [4.78, 5) is 25.4. The number of benzene rings is 1. The summed E-state index contributed by atoms with van der Waals surface area (Å²) in [6.45, 7) is 0.537. The molecule has 1 saturated carbocycles. The number of halogens is 1. The van der Waals surface area contributed by atoms with Crippen LogP contribution >= 0.6 is 23.7 Å². The highest BCUT2D eigenvalue weighted by atomic mass is 35.5. The van der Waals surface area contributed by atoms with E-state index in [4.69, 9.17) is 5.73 Å². The number of thiophene rings is 1. The van der Waals surface area contributed by atoms with Gasteiger partial charge < -0.3 is 16.4 Å². The maximum absolute atomic E-state index is 12.6. The van der Waals surface area contributed by atoms with Crippen molar-refractivity contribution in [2.24, 2.45) is 17.6 Å². The zero-order valence-electron chi connectivity index (χ0n) is 13.7. The Morgan fingerprint density at radius 3 is 2.44 bits per heavy atom. The van der Waals surface area contributed by atoms with Crippen LogP contribution in [0.3, 0.4) is 0 Å². The number of rotatable bonds is 5. The molecule has 0 bridgehead atoms. The first-order chi connectivity index (χ1) is 11.7. The summed E-state index contributed by atoms with van der Waals surface area (Å²) >= 11 is 1.38. The molecule has 2 amide bonds. The van der Waals surface area contributed by atoms with Crippen molar-refractivity contribution in [2.75, 3.05) is 17.2 Å². The molecule has 1 fully saturated rings. The zero-order chi connectivity index (χ0) is 16.9. The predicted molar refractivity (Wildman–Crippen MR) is 104 cm³/mol. The topological polar surface area (TPSA) is 84.2 Å². The third-order valence-electron chi connectivity index (χ3n) is 4.48. The van der Waals surface area contributed by atoms with E-state index in [9.17, 15) is 9.59 Å². The summed E-state index contributed by atoms with van der Waals surface area (Å²) in [6.07, 6.45) is 2.92. The number of nitrogens with one attached hydrogen (secondary N) is 2. The van der Waals surface area contributed by atoms with Gasteiger partial charge in [0.05, 0.1) is 16.3 Å². The third kappa shape index (κ3) is 4.60. The maximum Gasteiger partial charge on any atom is 0.265 e. The first-order valence-electron chi connectivity index (χ1n) is 8.14. The second-order valence-electron chi connectivity index (χ2n) is 6.00. The Balaban J connectivity index is 0.00000225. The van der Waals surface area contributed by atoms with Gasteiger partial charge >= 0.3 is 0 Å². The normalized spacial score (nSPS) is 19.1. The Hall–Kier alpha value is -1.89. The number of para-hydroxylation sites is 2. The van der Waals surface area contributed by atoms with Crippen molar-refractivity contribution < 1.29 is 9.59 Å². The van der Waals surface area contributed by atoms with Crippen LogP contribution in [0.1, 0.15) is 28.9 Å². The molecular weight excluding hydrogens is 358 g/mol. The van der Waals surface area contributed by atoms with Gasteiger partial charge in [0.15, 0.2) is 0 Å². The van der Waals surface area contributed by atoms with E-state index in [-0.39, 0.29) is 36.1 Å². The molecule has 1 aliphatic carbocycles. The van der Waals surface area contributed by atoms with Crippen LogP contribution in [-0.4, -0.2) is 18.4 Å². The first-order valence-corrected chi connectivity index (χ1v) is 9.02. The van der Waals surface area contributed by atoms with Crippen LogP contribution < -0.4 is 16.4 Å². The average molecular weight is 380 g/mol. The van der Waals surface area contributed by atoms with Gasteiger partial charge in [-0.3, -0.25) is 9.59 Å². The van der Waals surface area contributed by atoms with Gasteiger partial charge in [0.2, 0.25) is 5.91 Å². The first kappa shape index (κ1) is 19.4. The van der Waals surface area contributed by atoms with Gasteiger partial charge in [-0.25, -0.2) is 0 Å². The number of carbonyl (C=O) groups is 2. The van der Waals surface area contributed by atoms with Crippen LogP contribution in [-0.2, 0) is 4.79 Å². The number of carbonyl (C=O) groups excluding carboxylic acids is 2. The molecule has 0 radical (unpaired) electrons.